The summed E-state index contributed by atoms with van der Waals surface area (Å²) in [6.45, 7) is 9.51. The van der Waals surface area contributed by atoms with Crippen LogP contribution in [-0.2, 0) is 4.74 Å². The van der Waals surface area contributed by atoms with E-state index < -0.39 is 11.7 Å². The van der Waals surface area contributed by atoms with E-state index in [2.05, 4.69) is 20.5 Å². The number of rotatable bonds is 5. The molecule has 3 aromatic heterocycles. The third-order valence-electron chi connectivity index (χ3n) is 6.41. The van der Waals surface area contributed by atoms with E-state index in [0.717, 1.165) is 31.2 Å². The van der Waals surface area contributed by atoms with Gasteiger partial charge < -0.3 is 20.5 Å². The molecule has 11 nitrogen and oxygen atoms in total. The van der Waals surface area contributed by atoms with E-state index >= 15 is 0 Å². The molecular formula is C29H37N7O4. The van der Waals surface area contributed by atoms with Crippen LogP contribution in [0, 0.1) is 0 Å². The van der Waals surface area contributed by atoms with Crippen LogP contribution in [0.25, 0.3) is 22.2 Å². The molecule has 0 radical (unpaired) electrons. The third-order valence-corrected chi connectivity index (χ3v) is 6.41. The van der Waals surface area contributed by atoms with Crippen LogP contribution >= 0.6 is 0 Å². The number of amides is 1. The summed E-state index contributed by atoms with van der Waals surface area (Å²) in [6.07, 6.45) is 4.18. The van der Waals surface area contributed by atoms with Crippen molar-refractivity contribution >= 4 is 22.8 Å². The minimum Gasteiger partial charge on any atom is -0.444 e. The molecule has 4 aromatic rings. The number of fused-ring (bicyclic) bond motifs is 1. The highest BCUT2D eigenvalue weighted by Gasteiger charge is 2.29. The number of hydrogen-bond acceptors (Lipinski definition) is 8. The largest absolute Gasteiger partial charge is 0.444 e. The minimum absolute atomic E-state index is 0.000865. The maximum absolute atomic E-state index is 12.9. The van der Waals surface area contributed by atoms with Gasteiger partial charge in [-0.25, -0.2) is 14.9 Å². The number of anilines is 1. The standard InChI is InChI=1S/C27H31N7O4.C2H6/c1-27(2,3)38-26(36)30-17-9-11-18(12-10-17)34-23-21(24(28)31-32-25(23)35)22(33-34)16-7-13-19(14-8-16)37-20-6-4-5-15-29-20;1-2/h4-8,13-15,17-18H,9-12H2,1-3H3,(H2,28,31)(H,30,36)(H,32,35);1-2H3. The molecule has 1 aliphatic rings. The molecular weight excluding hydrogens is 510 g/mol. The fraction of sp³-hybridized carbons (Fsp3) is 0.414. The lowest BCUT2D eigenvalue weighted by Crippen LogP contribution is -2.41. The van der Waals surface area contributed by atoms with Crippen molar-refractivity contribution in [3.05, 3.63) is 59.0 Å². The summed E-state index contributed by atoms with van der Waals surface area (Å²) in [5, 5.41) is 14.8. The number of pyridine rings is 1. The lowest BCUT2D eigenvalue weighted by Gasteiger charge is -2.30. The van der Waals surface area contributed by atoms with Crippen LogP contribution in [0.5, 0.6) is 11.6 Å². The molecule has 4 N–H and O–H groups in total. The highest BCUT2D eigenvalue weighted by molar-refractivity contribution is 5.99. The van der Waals surface area contributed by atoms with Crippen molar-refractivity contribution in [1.82, 2.24) is 30.3 Å². The summed E-state index contributed by atoms with van der Waals surface area (Å²) < 4.78 is 12.9. The smallest absolute Gasteiger partial charge is 0.407 e. The van der Waals surface area contributed by atoms with Gasteiger partial charge in [-0.05, 0) is 76.8 Å². The number of H-pyrrole nitrogens is 1. The third kappa shape index (κ3) is 6.59. The lowest BCUT2D eigenvalue weighted by molar-refractivity contribution is 0.0487. The number of aromatic nitrogens is 5. The SMILES string of the molecule is CC.CC(C)(C)OC(=O)NC1CCC(n2nc(-c3ccc(Oc4ccccn4)cc3)c3c(N)n[nH]c(=O)c32)CC1. The fourth-order valence-electron chi connectivity index (χ4n) is 4.73. The summed E-state index contributed by atoms with van der Waals surface area (Å²) in [5.41, 5.74) is 7.09. The van der Waals surface area contributed by atoms with E-state index in [1.54, 1.807) is 16.9 Å². The number of ether oxygens (including phenoxy) is 2. The number of nitrogens with two attached hydrogens (primary N) is 1. The number of carbonyl (C=O) groups is 1. The average Bonchev–Trinajstić information content (AvgIpc) is 3.34. The first-order chi connectivity index (χ1) is 19.2. The zero-order valence-corrected chi connectivity index (χ0v) is 23.6. The van der Waals surface area contributed by atoms with Crippen molar-refractivity contribution in [2.75, 3.05) is 5.73 Å². The van der Waals surface area contributed by atoms with E-state index in [0.29, 0.717) is 28.2 Å². The first-order valence-corrected chi connectivity index (χ1v) is 13.6. The van der Waals surface area contributed by atoms with Gasteiger partial charge in [0, 0.05) is 23.9 Å². The fourth-order valence-corrected chi connectivity index (χ4v) is 4.73. The molecule has 1 saturated carbocycles. The highest BCUT2D eigenvalue weighted by Crippen LogP contribution is 2.36. The van der Waals surface area contributed by atoms with Gasteiger partial charge in [0.2, 0.25) is 5.88 Å². The number of alkyl carbamates (subject to hydrolysis) is 1. The van der Waals surface area contributed by atoms with Gasteiger partial charge in [-0.15, -0.1) is 0 Å². The molecule has 1 amide bonds. The van der Waals surface area contributed by atoms with Crippen molar-refractivity contribution in [1.29, 1.82) is 0 Å². The topological polar surface area (TPSA) is 150 Å². The minimum atomic E-state index is -0.552. The molecule has 40 heavy (non-hydrogen) atoms. The number of nitrogens with one attached hydrogen (secondary N) is 2. The van der Waals surface area contributed by atoms with Crippen molar-refractivity contribution in [3.63, 3.8) is 0 Å². The van der Waals surface area contributed by atoms with Crippen LogP contribution in [0.15, 0.2) is 53.5 Å². The number of benzene rings is 1. The van der Waals surface area contributed by atoms with Gasteiger partial charge in [0.25, 0.3) is 5.56 Å². The molecule has 0 spiro atoms. The Hall–Kier alpha value is -4.41. The van der Waals surface area contributed by atoms with E-state index in [4.69, 9.17) is 20.3 Å². The van der Waals surface area contributed by atoms with Gasteiger partial charge in [0.1, 0.15) is 22.6 Å². The van der Waals surface area contributed by atoms with Gasteiger partial charge in [-0.3, -0.25) is 9.48 Å². The van der Waals surface area contributed by atoms with Crippen molar-refractivity contribution in [2.45, 2.75) is 78.0 Å². The second-order valence-corrected chi connectivity index (χ2v) is 10.4. The predicted octanol–water partition coefficient (Wildman–Crippen LogP) is 5.59. The van der Waals surface area contributed by atoms with Gasteiger partial charge in [0.15, 0.2) is 5.82 Å². The maximum atomic E-state index is 12.9. The molecule has 1 aliphatic carbocycles. The Labute approximate surface area is 233 Å². The molecule has 1 fully saturated rings. The van der Waals surface area contributed by atoms with Crippen LogP contribution < -0.4 is 21.3 Å². The molecule has 0 bridgehead atoms. The number of hydrogen-bond donors (Lipinski definition) is 3. The highest BCUT2D eigenvalue weighted by atomic mass is 16.6. The molecule has 5 rings (SSSR count). The molecule has 0 aliphatic heterocycles. The first-order valence-electron chi connectivity index (χ1n) is 13.6. The Morgan fingerprint density at radius 2 is 1.77 bits per heavy atom. The predicted molar refractivity (Wildman–Crippen MR) is 154 cm³/mol. The normalized spacial score (nSPS) is 17.0. The van der Waals surface area contributed by atoms with E-state index in [-0.39, 0.29) is 23.5 Å². The number of carbonyl (C=O) groups excluding carboxylic acids is 1. The zero-order chi connectivity index (χ0) is 28.9. The Bertz CT molecular complexity index is 1480. The zero-order valence-electron chi connectivity index (χ0n) is 23.6. The van der Waals surface area contributed by atoms with Crippen LogP contribution in [0.1, 0.15) is 66.3 Å². The molecule has 0 saturated heterocycles. The van der Waals surface area contributed by atoms with Crippen molar-refractivity contribution < 1.29 is 14.3 Å². The Kier molecular flexibility index (Phi) is 8.71. The second-order valence-electron chi connectivity index (χ2n) is 10.4. The molecule has 3 heterocycles. The molecule has 11 heteroatoms. The quantitative estimate of drug-likeness (QED) is 0.293. The van der Waals surface area contributed by atoms with Crippen LogP contribution in [0.2, 0.25) is 0 Å². The monoisotopic (exact) mass is 547 g/mol. The molecule has 1 aromatic carbocycles. The summed E-state index contributed by atoms with van der Waals surface area (Å²) in [5.74, 6) is 1.32. The van der Waals surface area contributed by atoms with E-state index in [1.165, 1.54) is 0 Å². The average molecular weight is 548 g/mol. The summed E-state index contributed by atoms with van der Waals surface area (Å²) in [6, 6.07) is 12.8. The van der Waals surface area contributed by atoms with Gasteiger partial charge in [0.05, 0.1) is 11.4 Å². The van der Waals surface area contributed by atoms with Gasteiger partial charge in [-0.2, -0.15) is 10.2 Å². The number of nitrogens with zero attached hydrogens (tertiary/aromatic N) is 4. The van der Waals surface area contributed by atoms with Crippen LogP contribution in [0.3, 0.4) is 0 Å². The summed E-state index contributed by atoms with van der Waals surface area (Å²) >= 11 is 0. The van der Waals surface area contributed by atoms with Crippen LogP contribution in [0.4, 0.5) is 10.6 Å². The van der Waals surface area contributed by atoms with Crippen molar-refractivity contribution in [3.8, 4) is 22.9 Å². The second kappa shape index (κ2) is 12.2. The summed E-state index contributed by atoms with van der Waals surface area (Å²) in [4.78, 5) is 29.3. The number of nitrogen functional groups attached to an aromatic ring is 1. The van der Waals surface area contributed by atoms with Crippen molar-refractivity contribution in [2.24, 2.45) is 0 Å². The number of aromatic amines is 1. The van der Waals surface area contributed by atoms with E-state index in [9.17, 15) is 9.59 Å². The Morgan fingerprint density at radius 1 is 1.07 bits per heavy atom. The maximum Gasteiger partial charge on any atom is 0.407 e. The lowest BCUT2D eigenvalue weighted by atomic mass is 9.91. The first kappa shape index (κ1) is 28.6. The molecule has 212 valence electrons. The van der Waals surface area contributed by atoms with Crippen LogP contribution in [-0.4, -0.2) is 42.7 Å². The Morgan fingerprint density at radius 3 is 2.40 bits per heavy atom. The van der Waals surface area contributed by atoms with Gasteiger partial charge in [-0.1, -0.05) is 19.9 Å². The molecule has 0 atom stereocenters. The Balaban J connectivity index is 0.00000181. The summed E-state index contributed by atoms with van der Waals surface area (Å²) in [7, 11) is 0. The van der Waals surface area contributed by atoms with Gasteiger partial charge >= 0.3 is 6.09 Å². The molecule has 0 unspecified atom stereocenters. The van der Waals surface area contributed by atoms with E-state index in [1.807, 2.05) is 71.0 Å².